The number of carboxylic acid groups (broad SMARTS) is 1. The Labute approximate surface area is 226 Å². The number of benzene rings is 2. The lowest BCUT2D eigenvalue weighted by Gasteiger charge is -2.30. The number of halogens is 2. The van der Waals surface area contributed by atoms with Gasteiger partial charge in [0.05, 0.1) is 24.5 Å². The molecule has 0 radical (unpaired) electrons. The van der Waals surface area contributed by atoms with Crippen LogP contribution in [0.5, 0.6) is 0 Å². The van der Waals surface area contributed by atoms with Gasteiger partial charge in [0, 0.05) is 24.8 Å². The van der Waals surface area contributed by atoms with Gasteiger partial charge in [0.15, 0.2) is 11.4 Å². The van der Waals surface area contributed by atoms with E-state index in [9.17, 15) is 19.1 Å². The normalized spacial score (nSPS) is 18.2. The van der Waals surface area contributed by atoms with E-state index in [0.29, 0.717) is 31.5 Å². The summed E-state index contributed by atoms with van der Waals surface area (Å²) in [7, 11) is 1.68. The molecule has 0 spiro atoms. The van der Waals surface area contributed by atoms with Gasteiger partial charge in [0.1, 0.15) is 11.3 Å². The van der Waals surface area contributed by atoms with Crippen molar-refractivity contribution >= 4 is 34.7 Å². The molecule has 2 aromatic carbocycles. The van der Waals surface area contributed by atoms with Gasteiger partial charge < -0.3 is 24.5 Å². The van der Waals surface area contributed by atoms with Gasteiger partial charge in [-0.1, -0.05) is 19.1 Å². The van der Waals surface area contributed by atoms with Crippen LogP contribution in [-0.2, 0) is 20.7 Å². The molecule has 10 heteroatoms. The smallest absolute Gasteiger partial charge is 0.306 e. The van der Waals surface area contributed by atoms with E-state index >= 15 is 4.39 Å². The van der Waals surface area contributed by atoms with Crippen molar-refractivity contribution in [2.24, 2.45) is 5.92 Å². The second-order valence-corrected chi connectivity index (χ2v) is 10.2. The van der Waals surface area contributed by atoms with E-state index in [-0.39, 0.29) is 53.1 Å². The molecule has 1 atom stereocenters. The second-order valence-electron chi connectivity index (χ2n) is 10.2. The number of anilines is 2. The quantitative estimate of drug-likeness (QED) is 0.306. The Morgan fingerprint density at radius 2 is 1.95 bits per heavy atom. The summed E-state index contributed by atoms with van der Waals surface area (Å²) in [4.78, 5) is 29.8. The number of hydrogen-bond donors (Lipinski definition) is 2. The Hall–Kier alpha value is -3.53. The van der Waals surface area contributed by atoms with Crippen LogP contribution in [0.4, 0.5) is 20.5 Å². The van der Waals surface area contributed by atoms with Crippen LogP contribution in [0.3, 0.4) is 0 Å². The number of rotatable bonds is 11. The van der Waals surface area contributed by atoms with Gasteiger partial charge in [-0.05, 0) is 69.2 Å². The van der Waals surface area contributed by atoms with Gasteiger partial charge in [0.2, 0.25) is 5.91 Å². The Balaban J connectivity index is 1.32. The molecule has 1 aliphatic rings. The summed E-state index contributed by atoms with van der Waals surface area (Å²) in [5.74, 6) is -2.34. The third kappa shape index (κ3) is 7.11. The molecule has 8 nitrogen and oxygen atoms in total. The number of nitrogens with zero attached hydrogens (tertiary/aromatic N) is 2. The highest BCUT2D eigenvalue weighted by Crippen LogP contribution is 2.29. The first-order valence-corrected chi connectivity index (χ1v) is 13.4. The Morgan fingerprint density at radius 1 is 1.21 bits per heavy atom. The Bertz CT molecular complexity index is 1320. The highest BCUT2D eigenvalue weighted by molar-refractivity contribution is 5.82. The van der Waals surface area contributed by atoms with Gasteiger partial charge in [0.25, 0.3) is 6.01 Å². The number of nitrogens with one attached hydrogen (secondary N) is 1. The molecule has 1 fully saturated rings. The summed E-state index contributed by atoms with van der Waals surface area (Å²) in [6.45, 7) is 4.28. The monoisotopic (exact) mass is 543 g/mol. The number of carbonyl (C=O) groups is 2. The number of aromatic nitrogens is 1. The van der Waals surface area contributed by atoms with Crippen molar-refractivity contribution in [3.05, 3.63) is 53.1 Å². The van der Waals surface area contributed by atoms with Crippen LogP contribution in [0.2, 0.25) is 0 Å². The van der Waals surface area contributed by atoms with Crippen LogP contribution in [-0.4, -0.2) is 52.7 Å². The Morgan fingerprint density at radius 3 is 2.64 bits per heavy atom. The predicted octanol–water partition coefficient (Wildman–Crippen LogP) is 5.99. The summed E-state index contributed by atoms with van der Waals surface area (Å²) in [5.41, 5.74) is 1.64. The highest BCUT2D eigenvalue weighted by atomic mass is 19.1. The predicted molar refractivity (Wildman–Crippen MR) is 143 cm³/mol. The number of aliphatic carboxylic acids is 1. The number of carboxylic acids is 1. The molecule has 1 aromatic heterocycles. The SMILES string of the molecule is CCC(CCN(C)C(=O)Cc1ccc2nc(Nc3cc(F)ccc3C)oc2c1F)OC1CCC(C(=O)O)CC1. The number of aryl methyl sites for hydroxylation is 1. The zero-order chi connectivity index (χ0) is 28.1. The van der Waals surface area contributed by atoms with Crippen molar-refractivity contribution in [1.82, 2.24) is 9.88 Å². The van der Waals surface area contributed by atoms with E-state index in [1.807, 2.05) is 6.92 Å². The Kier molecular flexibility index (Phi) is 9.16. The lowest BCUT2D eigenvalue weighted by Crippen LogP contribution is -2.34. The van der Waals surface area contributed by atoms with E-state index < -0.39 is 17.6 Å². The maximum atomic E-state index is 15.2. The maximum absolute atomic E-state index is 15.2. The molecule has 0 saturated heterocycles. The summed E-state index contributed by atoms with van der Waals surface area (Å²) >= 11 is 0. The summed E-state index contributed by atoms with van der Waals surface area (Å²) in [6, 6.07) is 7.40. The molecule has 0 bridgehead atoms. The molecule has 1 unspecified atom stereocenters. The van der Waals surface area contributed by atoms with Crippen molar-refractivity contribution in [2.45, 2.75) is 71.0 Å². The summed E-state index contributed by atoms with van der Waals surface area (Å²) in [5, 5.41) is 12.1. The van der Waals surface area contributed by atoms with E-state index in [4.69, 9.17) is 9.15 Å². The number of likely N-dealkylation sites (N-methyl/N-ethyl adjacent to an activating group) is 1. The van der Waals surface area contributed by atoms with Crippen molar-refractivity contribution < 1.29 is 32.6 Å². The van der Waals surface area contributed by atoms with Gasteiger partial charge in [-0.15, -0.1) is 0 Å². The van der Waals surface area contributed by atoms with E-state index in [1.165, 1.54) is 18.2 Å². The van der Waals surface area contributed by atoms with Crippen LogP contribution in [0.1, 0.15) is 56.6 Å². The maximum Gasteiger partial charge on any atom is 0.306 e. The van der Waals surface area contributed by atoms with Gasteiger partial charge in [-0.25, -0.2) is 8.78 Å². The summed E-state index contributed by atoms with van der Waals surface area (Å²) < 4.78 is 40.6. The summed E-state index contributed by atoms with van der Waals surface area (Å²) in [6.07, 6.45) is 3.98. The average molecular weight is 544 g/mol. The molecular formula is C29H35F2N3O5. The zero-order valence-corrected chi connectivity index (χ0v) is 22.5. The fraction of sp³-hybridized carbons (Fsp3) is 0.483. The molecule has 1 saturated carbocycles. The molecule has 4 rings (SSSR count). The minimum Gasteiger partial charge on any atom is -0.481 e. The third-order valence-electron chi connectivity index (χ3n) is 7.44. The molecule has 1 amide bonds. The van der Waals surface area contributed by atoms with Crippen molar-refractivity contribution in [1.29, 1.82) is 0 Å². The van der Waals surface area contributed by atoms with E-state index in [2.05, 4.69) is 10.3 Å². The number of carbonyl (C=O) groups excluding carboxylic acids is 1. The minimum atomic E-state index is -0.740. The lowest BCUT2D eigenvalue weighted by molar-refractivity contribution is -0.144. The van der Waals surface area contributed by atoms with Crippen LogP contribution >= 0.6 is 0 Å². The molecule has 2 N–H and O–H groups in total. The highest BCUT2D eigenvalue weighted by Gasteiger charge is 2.28. The molecule has 3 aromatic rings. The number of hydrogen-bond acceptors (Lipinski definition) is 6. The first-order chi connectivity index (χ1) is 18.6. The zero-order valence-electron chi connectivity index (χ0n) is 22.5. The number of oxazole rings is 1. The average Bonchev–Trinajstić information content (AvgIpc) is 3.33. The minimum absolute atomic E-state index is 0.0280. The van der Waals surface area contributed by atoms with Crippen LogP contribution < -0.4 is 5.32 Å². The molecular weight excluding hydrogens is 508 g/mol. The molecule has 210 valence electrons. The number of ether oxygens (including phenoxy) is 1. The standard InChI is InChI=1S/C29H35F2N3O5/c1-4-21(38-22-10-6-18(7-11-22)28(36)37)13-14-34(3)25(35)15-19-8-12-23-27(26(19)31)39-29(32-23)33-24-16-20(30)9-5-17(24)2/h5,8-9,12,16,18,21-22H,4,6-7,10-11,13-15H2,1-3H3,(H,32,33)(H,36,37). The third-order valence-corrected chi connectivity index (χ3v) is 7.44. The van der Waals surface area contributed by atoms with Gasteiger partial charge in [-0.3, -0.25) is 9.59 Å². The van der Waals surface area contributed by atoms with E-state index in [1.54, 1.807) is 31.0 Å². The largest absolute Gasteiger partial charge is 0.481 e. The van der Waals surface area contributed by atoms with Gasteiger partial charge in [-0.2, -0.15) is 4.98 Å². The molecule has 0 aliphatic heterocycles. The van der Waals surface area contributed by atoms with Crippen LogP contribution in [0, 0.1) is 24.5 Å². The molecule has 1 heterocycles. The number of fused-ring (bicyclic) bond motifs is 1. The fourth-order valence-electron chi connectivity index (χ4n) is 4.88. The number of amides is 1. The fourth-order valence-corrected chi connectivity index (χ4v) is 4.88. The van der Waals surface area contributed by atoms with E-state index in [0.717, 1.165) is 24.8 Å². The molecule has 39 heavy (non-hydrogen) atoms. The van der Waals surface area contributed by atoms with Crippen LogP contribution in [0.25, 0.3) is 11.1 Å². The lowest BCUT2D eigenvalue weighted by atomic mass is 9.87. The van der Waals surface area contributed by atoms with Crippen molar-refractivity contribution in [3.8, 4) is 0 Å². The molecule has 1 aliphatic carbocycles. The topological polar surface area (TPSA) is 105 Å². The van der Waals surface area contributed by atoms with Gasteiger partial charge >= 0.3 is 5.97 Å². The van der Waals surface area contributed by atoms with Crippen LogP contribution in [0.15, 0.2) is 34.7 Å². The first-order valence-electron chi connectivity index (χ1n) is 13.4. The second kappa shape index (κ2) is 12.5. The van der Waals surface area contributed by atoms with Crippen molar-refractivity contribution in [3.63, 3.8) is 0 Å². The van der Waals surface area contributed by atoms with Crippen molar-refractivity contribution in [2.75, 3.05) is 18.9 Å². The first kappa shape index (κ1) is 28.5.